The van der Waals surface area contributed by atoms with Crippen LogP contribution in [0.2, 0.25) is 0 Å². The van der Waals surface area contributed by atoms with E-state index in [0.717, 1.165) is 35.4 Å². The van der Waals surface area contributed by atoms with E-state index in [1.54, 1.807) is 17.0 Å². The lowest BCUT2D eigenvalue weighted by Crippen LogP contribution is -2.46. The Labute approximate surface area is 211 Å². The quantitative estimate of drug-likeness (QED) is 0.413. The molecule has 0 radical (unpaired) electrons. The molecule has 10 heteroatoms. The number of ether oxygens (including phenoxy) is 1. The molecule has 1 atom stereocenters. The molecule has 36 heavy (non-hydrogen) atoms. The number of nitrogens with one attached hydrogen (secondary N) is 1. The Morgan fingerprint density at radius 1 is 1.00 bits per heavy atom. The Balaban J connectivity index is 1.52. The van der Waals surface area contributed by atoms with E-state index < -0.39 is 17.7 Å². The molecule has 190 valence electrons. The van der Waals surface area contributed by atoms with Crippen molar-refractivity contribution in [2.45, 2.75) is 32.0 Å². The summed E-state index contributed by atoms with van der Waals surface area (Å²) in [4.78, 5) is 30.4. The Hall–Kier alpha value is -3.37. The lowest BCUT2D eigenvalue weighted by atomic mass is 10.2. The first-order valence-electron chi connectivity index (χ1n) is 11.5. The lowest BCUT2D eigenvalue weighted by molar-refractivity contribution is -0.133. The number of carbonyl (C=O) groups excluding carboxylic acids is 2. The van der Waals surface area contributed by atoms with Gasteiger partial charge in [-0.1, -0.05) is 18.2 Å². The van der Waals surface area contributed by atoms with E-state index in [1.807, 2.05) is 17.5 Å². The maximum atomic E-state index is 14.2. The van der Waals surface area contributed by atoms with E-state index in [-0.39, 0.29) is 43.2 Å². The summed E-state index contributed by atoms with van der Waals surface area (Å²) in [5, 5.41) is 4.34. The van der Waals surface area contributed by atoms with Crippen molar-refractivity contribution in [3.8, 4) is 0 Å². The Morgan fingerprint density at radius 3 is 2.44 bits per heavy atom. The van der Waals surface area contributed by atoms with E-state index in [0.29, 0.717) is 19.2 Å². The zero-order valence-corrected chi connectivity index (χ0v) is 20.3. The van der Waals surface area contributed by atoms with Gasteiger partial charge in [0.05, 0.1) is 18.3 Å². The number of halogens is 3. The number of hydrogen-bond donors (Lipinski definition) is 1. The summed E-state index contributed by atoms with van der Waals surface area (Å²) in [6.07, 6.45) is 1.33. The van der Waals surface area contributed by atoms with E-state index in [1.165, 1.54) is 28.4 Å². The van der Waals surface area contributed by atoms with Crippen molar-refractivity contribution in [3.05, 3.63) is 87.9 Å². The summed E-state index contributed by atoms with van der Waals surface area (Å²) in [7, 11) is 0. The summed E-state index contributed by atoms with van der Waals surface area (Å²) in [6, 6.07) is 11.8. The van der Waals surface area contributed by atoms with E-state index in [9.17, 15) is 22.8 Å². The van der Waals surface area contributed by atoms with Crippen molar-refractivity contribution < 1.29 is 27.5 Å². The number of hydrogen-bond acceptors (Lipinski definition) is 4. The molecule has 3 amide bonds. The number of thiophene rings is 1. The van der Waals surface area contributed by atoms with Crippen LogP contribution in [0.15, 0.2) is 60.0 Å². The van der Waals surface area contributed by atoms with Gasteiger partial charge in [-0.2, -0.15) is 0 Å². The van der Waals surface area contributed by atoms with Gasteiger partial charge >= 0.3 is 6.03 Å². The minimum absolute atomic E-state index is 0.143. The molecular weight excluding hydrogens is 491 g/mol. The second-order valence-corrected chi connectivity index (χ2v) is 9.56. The maximum Gasteiger partial charge on any atom is 0.322 e. The van der Waals surface area contributed by atoms with Gasteiger partial charge in [0.15, 0.2) is 0 Å². The summed E-state index contributed by atoms with van der Waals surface area (Å²) in [5.74, 6) is -2.38. The molecule has 1 saturated heterocycles. The minimum Gasteiger partial charge on any atom is -0.376 e. The molecule has 1 aliphatic heterocycles. The van der Waals surface area contributed by atoms with Crippen molar-refractivity contribution in [1.82, 2.24) is 9.80 Å². The zero-order valence-electron chi connectivity index (χ0n) is 19.5. The molecule has 1 aromatic heterocycles. The van der Waals surface area contributed by atoms with Crippen molar-refractivity contribution in [2.75, 3.05) is 25.0 Å². The number of urea groups is 1. The van der Waals surface area contributed by atoms with Gasteiger partial charge in [0.2, 0.25) is 5.91 Å². The molecule has 1 unspecified atom stereocenters. The number of nitrogens with zero attached hydrogens (tertiary/aromatic N) is 2. The first-order chi connectivity index (χ1) is 17.4. The third-order valence-electron chi connectivity index (χ3n) is 5.80. The molecule has 6 nitrogen and oxygen atoms in total. The number of benzene rings is 2. The molecule has 4 rings (SSSR count). The van der Waals surface area contributed by atoms with E-state index in [2.05, 4.69) is 5.32 Å². The lowest BCUT2D eigenvalue weighted by Gasteiger charge is -2.29. The molecule has 0 spiro atoms. The molecule has 2 heterocycles. The Morgan fingerprint density at radius 2 is 1.78 bits per heavy atom. The van der Waals surface area contributed by atoms with Gasteiger partial charge in [-0.05, 0) is 54.1 Å². The topological polar surface area (TPSA) is 61.9 Å². The molecule has 0 bridgehead atoms. The third kappa shape index (κ3) is 7.08. The summed E-state index contributed by atoms with van der Waals surface area (Å²) in [5.41, 5.74) is 0.553. The van der Waals surface area contributed by atoms with Gasteiger partial charge in [-0.25, -0.2) is 18.0 Å². The van der Waals surface area contributed by atoms with Crippen LogP contribution < -0.4 is 5.32 Å². The largest absolute Gasteiger partial charge is 0.376 e. The fourth-order valence-corrected chi connectivity index (χ4v) is 4.65. The molecule has 0 aliphatic carbocycles. The molecule has 3 aromatic rings. The van der Waals surface area contributed by atoms with Gasteiger partial charge in [0, 0.05) is 30.6 Å². The molecule has 0 saturated carbocycles. The van der Waals surface area contributed by atoms with Gasteiger partial charge in [-0.15, -0.1) is 11.3 Å². The summed E-state index contributed by atoms with van der Waals surface area (Å²) < 4.78 is 46.5. The molecule has 1 fully saturated rings. The number of amides is 3. The molecular formula is C26H26F3N3O3S. The van der Waals surface area contributed by atoms with Crippen LogP contribution in [0.25, 0.3) is 0 Å². The van der Waals surface area contributed by atoms with Crippen LogP contribution in [0.4, 0.5) is 23.7 Å². The third-order valence-corrected chi connectivity index (χ3v) is 6.66. The van der Waals surface area contributed by atoms with Crippen LogP contribution in [0, 0.1) is 17.5 Å². The van der Waals surface area contributed by atoms with Crippen LogP contribution in [0.5, 0.6) is 0 Å². The van der Waals surface area contributed by atoms with Crippen molar-refractivity contribution in [2.24, 2.45) is 0 Å². The Kier molecular flexibility index (Phi) is 8.61. The Bertz CT molecular complexity index is 1170. The number of carbonyl (C=O) groups is 2. The fourth-order valence-electron chi connectivity index (χ4n) is 3.93. The fraction of sp³-hybridized carbons (Fsp3) is 0.308. The monoisotopic (exact) mass is 517 g/mol. The van der Waals surface area contributed by atoms with Crippen LogP contribution in [0.1, 0.15) is 23.3 Å². The highest BCUT2D eigenvalue weighted by Crippen LogP contribution is 2.19. The smallest absolute Gasteiger partial charge is 0.322 e. The minimum atomic E-state index is -0.914. The summed E-state index contributed by atoms with van der Waals surface area (Å²) in [6.45, 7) is 0.968. The maximum absolute atomic E-state index is 14.2. The highest BCUT2D eigenvalue weighted by atomic mass is 32.1. The van der Waals surface area contributed by atoms with E-state index >= 15 is 0 Å². The zero-order chi connectivity index (χ0) is 25.5. The second-order valence-electron chi connectivity index (χ2n) is 8.53. The average molecular weight is 518 g/mol. The predicted molar refractivity (Wildman–Crippen MR) is 131 cm³/mol. The number of rotatable bonds is 9. The first-order valence-corrected chi connectivity index (χ1v) is 12.4. The van der Waals surface area contributed by atoms with Gasteiger partial charge in [0.1, 0.15) is 24.0 Å². The van der Waals surface area contributed by atoms with Crippen LogP contribution in [-0.4, -0.2) is 47.5 Å². The molecule has 1 aliphatic rings. The molecule has 1 N–H and O–H groups in total. The predicted octanol–water partition coefficient (Wildman–Crippen LogP) is 5.41. The second kappa shape index (κ2) is 12.0. The first kappa shape index (κ1) is 25.7. The number of anilines is 1. The van der Waals surface area contributed by atoms with Gasteiger partial charge in [0.25, 0.3) is 0 Å². The SMILES string of the molecule is O=C(CN(CC1CCCO1)C(=O)Nc1ccc(F)cc1F)N(Cc1ccc(F)cc1)Cc1cccs1. The van der Waals surface area contributed by atoms with Crippen LogP contribution >= 0.6 is 11.3 Å². The van der Waals surface area contributed by atoms with E-state index in [4.69, 9.17) is 4.74 Å². The van der Waals surface area contributed by atoms with Gasteiger partial charge in [-0.3, -0.25) is 4.79 Å². The standard InChI is InChI=1S/C26H26F3N3O3S/c27-19-7-5-18(6-8-19)14-31(16-22-4-2-12-36-22)25(33)17-32(15-21-3-1-11-35-21)26(34)30-24-10-9-20(28)13-23(24)29/h2,4-10,12-13,21H,1,3,11,14-17H2,(H,30,34). The highest BCUT2D eigenvalue weighted by Gasteiger charge is 2.27. The molecule has 2 aromatic carbocycles. The van der Waals surface area contributed by atoms with Gasteiger partial charge < -0.3 is 19.9 Å². The normalized spacial score (nSPS) is 15.0. The van der Waals surface area contributed by atoms with Crippen LogP contribution in [0.3, 0.4) is 0 Å². The highest BCUT2D eigenvalue weighted by molar-refractivity contribution is 7.09. The van der Waals surface area contributed by atoms with Crippen molar-refractivity contribution in [3.63, 3.8) is 0 Å². The van der Waals surface area contributed by atoms with Crippen LogP contribution in [-0.2, 0) is 22.6 Å². The summed E-state index contributed by atoms with van der Waals surface area (Å²) >= 11 is 1.50. The van der Waals surface area contributed by atoms with Crippen molar-refractivity contribution >= 4 is 29.0 Å². The average Bonchev–Trinajstić information content (AvgIpc) is 3.56. The van der Waals surface area contributed by atoms with Crippen molar-refractivity contribution in [1.29, 1.82) is 0 Å².